The van der Waals surface area contributed by atoms with Crippen LogP contribution >= 0.6 is 11.3 Å². The van der Waals surface area contributed by atoms with E-state index < -0.39 is 10.8 Å². The molecule has 1 aliphatic carbocycles. The Morgan fingerprint density at radius 1 is 1.48 bits per heavy atom. The van der Waals surface area contributed by atoms with Crippen molar-refractivity contribution in [3.8, 4) is 0 Å². The number of hydrogen-bond donors (Lipinski definition) is 2. The molecule has 0 saturated carbocycles. The molecule has 2 aromatic rings. The van der Waals surface area contributed by atoms with Gasteiger partial charge < -0.3 is 10.1 Å². The predicted octanol–water partition coefficient (Wildman–Crippen LogP) is 3.49. The number of aromatic nitrogens is 1. The van der Waals surface area contributed by atoms with Gasteiger partial charge in [0.2, 0.25) is 0 Å². The Bertz CT molecular complexity index is 852. The summed E-state index contributed by atoms with van der Waals surface area (Å²) in [5.74, 6) is 0.202. The van der Waals surface area contributed by atoms with Crippen LogP contribution in [0.4, 0.5) is 16.5 Å². The van der Waals surface area contributed by atoms with E-state index in [1.165, 1.54) is 34.4 Å². The first-order valence-corrected chi connectivity index (χ1v) is 9.60. The van der Waals surface area contributed by atoms with Gasteiger partial charge in [0.15, 0.2) is 5.13 Å². The molecule has 8 nitrogen and oxygen atoms in total. The Hall–Kier alpha value is -2.52. The van der Waals surface area contributed by atoms with Crippen molar-refractivity contribution >= 4 is 33.8 Å². The second-order valence-corrected chi connectivity index (χ2v) is 7.68. The standard InChI is InChI=1S/C18H22N4O4S/c1-11-3-5-15-16(9-11)27-18(20-15)21-17(23)13-10-12(22(24)25)4-6-14(13)19-7-8-26-2/h4,6,10-11,19H,3,5,7-9H2,1-2H3,(H,20,21,23)/t11-/m0/s1. The molecule has 144 valence electrons. The van der Waals surface area contributed by atoms with E-state index >= 15 is 0 Å². The van der Waals surface area contributed by atoms with E-state index in [1.807, 2.05) is 0 Å². The normalized spacial score (nSPS) is 15.9. The highest BCUT2D eigenvalue weighted by molar-refractivity contribution is 7.15. The molecule has 27 heavy (non-hydrogen) atoms. The molecule has 3 rings (SSSR count). The molecule has 1 aromatic carbocycles. The van der Waals surface area contributed by atoms with E-state index in [0.29, 0.717) is 29.9 Å². The Morgan fingerprint density at radius 3 is 3.04 bits per heavy atom. The Kier molecular flexibility index (Phi) is 6.02. The quantitative estimate of drug-likeness (QED) is 0.426. The second kappa shape index (κ2) is 8.45. The molecule has 1 amide bonds. The number of non-ortho nitro benzene ring substituents is 1. The summed E-state index contributed by atoms with van der Waals surface area (Å²) in [7, 11) is 1.58. The third-order valence-electron chi connectivity index (χ3n) is 4.49. The zero-order valence-electron chi connectivity index (χ0n) is 15.3. The molecule has 0 aliphatic heterocycles. The lowest BCUT2D eigenvalue weighted by molar-refractivity contribution is -0.384. The van der Waals surface area contributed by atoms with Crippen molar-refractivity contribution in [3.05, 3.63) is 44.4 Å². The number of nitro groups is 1. The number of fused-ring (bicyclic) bond motifs is 1. The van der Waals surface area contributed by atoms with Gasteiger partial charge in [0.25, 0.3) is 11.6 Å². The van der Waals surface area contributed by atoms with Crippen LogP contribution in [0.5, 0.6) is 0 Å². The van der Waals surface area contributed by atoms with Crippen molar-refractivity contribution in [1.82, 2.24) is 4.98 Å². The molecule has 0 radical (unpaired) electrons. The minimum Gasteiger partial charge on any atom is -0.383 e. The first-order valence-electron chi connectivity index (χ1n) is 8.79. The number of methoxy groups -OCH3 is 1. The summed E-state index contributed by atoms with van der Waals surface area (Å²) < 4.78 is 5.00. The van der Waals surface area contributed by atoms with Crippen LogP contribution in [0.15, 0.2) is 18.2 Å². The number of aryl methyl sites for hydroxylation is 1. The largest absolute Gasteiger partial charge is 0.383 e. The van der Waals surface area contributed by atoms with E-state index in [4.69, 9.17) is 4.74 Å². The van der Waals surface area contributed by atoms with Gasteiger partial charge in [0, 0.05) is 36.4 Å². The van der Waals surface area contributed by atoms with Gasteiger partial charge >= 0.3 is 0 Å². The summed E-state index contributed by atoms with van der Waals surface area (Å²) in [4.78, 5) is 29.1. The van der Waals surface area contributed by atoms with Gasteiger partial charge in [0.1, 0.15) is 0 Å². The molecular formula is C18H22N4O4S. The number of carbonyl (C=O) groups is 1. The Balaban J connectivity index is 1.81. The van der Waals surface area contributed by atoms with Gasteiger partial charge in [0.05, 0.1) is 22.8 Å². The van der Waals surface area contributed by atoms with Crippen LogP contribution in [0.3, 0.4) is 0 Å². The van der Waals surface area contributed by atoms with Crippen LogP contribution in [-0.4, -0.2) is 36.1 Å². The lowest BCUT2D eigenvalue weighted by Gasteiger charge is -2.15. The van der Waals surface area contributed by atoms with Gasteiger partial charge in [-0.15, -0.1) is 11.3 Å². The molecule has 1 heterocycles. The number of carbonyl (C=O) groups excluding carboxylic acids is 1. The SMILES string of the molecule is COCCNc1ccc([N+](=O)[O-])cc1C(=O)Nc1nc2c(s1)C[C@@H](C)CC2. The van der Waals surface area contributed by atoms with Crippen LogP contribution < -0.4 is 10.6 Å². The number of amides is 1. The summed E-state index contributed by atoms with van der Waals surface area (Å²) in [6.07, 6.45) is 3.00. The van der Waals surface area contributed by atoms with Crippen LogP contribution in [0.2, 0.25) is 0 Å². The van der Waals surface area contributed by atoms with E-state index in [-0.39, 0.29) is 11.3 Å². The highest BCUT2D eigenvalue weighted by Crippen LogP contribution is 2.32. The molecule has 0 unspecified atom stereocenters. The molecule has 2 N–H and O–H groups in total. The first-order chi connectivity index (χ1) is 13.0. The highest BCUT2D eigenvalue weighted by Gasteiger charge is 2.22. The number of benzene rings is 1. The van der Waals surface area contributed by atoms with Crippen molar-refractivity contribution < 1.29 is 14.5 Å². The number of nitrogens with zero attached hydrogens (tertiary/aromatic N) is 2. The molecule has 0 fully saturated rings. The lowest BCUT2D eigenvalue weighted by atomic mass is 9.93. The molecule has 0 spiro atoms. The lowest BCUT2D eigenvalue weighted by Crippen LogP contribution is -2.17. The maximum absolute atomic E-state index is 12.8. The fourth-order valence-corrected chi connectivity index (χ4v) is 4.20. The smallest absolute Gasteiger partial charge is 0.270 e. The fraction of sp³-hybridized carbons (Fsp3) is 0.444. The van der Waals surface area contributed by atoms with E-state index in [9.17, 15) is 14.9 Å². The summed E-state index contributed by atoms with van der Waals surface area (Å²) in [5.41, 5.74) is 1.64. The monoisotopic (exact) mass is 390 g/mol. The highest BCUT2D eigenvalue weighted by atomic mass is 32.1. The van der Waals surface area contributed by atoms with Gasteiger partial charge in [-0.2, -0.15) is 0 Å². The number of nitro benzene ring substituents is 1. The molecule has 1 aliphatic rings. The van der Waals surface area contributed by atoms with Gasteiger partial charge in [-0.3, -0.25) is 20.2 Å². The van der Waals surface area contributed by atoms with Crippen molar-refractivity contribution in [2.24, 2.45) is 5.92 Å². The predicted molar refractivity (Wildman–Crippen MR) is 105 cm³/mol. The average molecular weight is 390 g/mol. The van der Waals surface area contributed by atoms with Gasteiger partial charge in [-0.25, -0.2) is 4.98 Å². The van der Waals surface area contributed by atoms with Crippen molar-refractivity contribution in [2.45, 2.75) is 26.2 Å². The summed E-state index contributed by atoms with van der Waals surface area (Å²) in [6, 6.07) is 4.19. The minimum absolute atomic E-state index is 0.135. The van der Waals surface area contributed by atoms with Gasteiger partial charge in [-0.05, 0) is 31.2 Å². The third kappa shape index (κ3) is 4.61. The number of anilines is 2. The molecule has 0 saturated heterocycles. The fourth-order valence-electron chi connectivity index (χ4n) is 3.03. The number of thiazole rings is 1. The third-order valence-corrected chi connectivity index (χ3v) is 5.52. The van der Waals surface area contributed by atoms with Crippen LogP contribution in [0, 0.1) is 16.0 Å². The first kappa shape index (κ1) is 19.2. The molecule has 0 bridgehead atoms. The van der Waals surface area contributed by atoms with Gasteiger partial charge in [-0.1, -0.05) is 6.92 Å². The van der Waals surface area contributed by atoms with E-state index in [2.05, 4.69) is 22.5 Å². The van der Waals surface area contributed by atoms with Crippen LogP contribution in [-0.2, 0) is 17.6 Å². The summed E-state index contributed by atoms with van der Waals surface area (Å²) >= 11 is 1.48. The van der Waals surface area contributed by atoms with Crippen molar-refractivity contribution in [2.75, 3.05) is 30.9 Å². The summed E-state index contributed by atoms with van der Waals surface area (Å²) in [5, 5.41) is 17.5. The number of ether oxygens (including phenoxy) is 1. The average Bonchev–Trinajstić information content (AvgIpc) is 3.03. The number of rotatable bonds is 7. The van der Waals surface area contributed by atoms with Crippen LogP contribution in [0.1, 0.15) is 34.3 Å². The maximum Gasteiger partial charge on any atom is 0.270 e. The number of hydrogen-bond acceptors (Lipinski definition) is 7. The van der Waals surface area contributed by atoms with Crippen LogP contribution in [0.25, 0.3) is 0 Å². The zero-order valence-corrected chi connectivity index (χ0v) is 16.1. The zero-order chi connectivity index (χ0) is 19.4. The minimum atomic E-state index is -0.515. The number of nitrogens with one attached hydrogen (secondary N) is 2. The van der Waals surface area contributed by atoms with Crippen molar-refractivity contribution in [3.63, 3.8) is 0 Å². The molecule has 9 heteroatoms. The maximum atomic E-state index is 12.8. The molecule has 1 atom stereocenters. The van der Waals surface area contributed by atoms with Crippen molar-refractivity contribution in [1.29, 1.82) is 0 Å². The molecular weight excluding hydrogens is 368 g/mol. The summed E-state index contributed by atoms with van der Waals surface area (Å²) in [6.45, 7) is 3.15. The molecule has 1 aromatic heterocycles. The van der Waals surface area contributed by atoms with E-state index in [1.54, 1.807) is 7.11 Å². The second-order valence-electron chi connectivity index (χ2n) is 6.60. The topological polar surface area (TPSA) is 106 Å². The van der Waals surface area contributed by atoms with E-state index in [0.717, 1.165) is 25.0 Å². The Morgan fingerprint density at radius 2 is 2.30 bits per heavy atom. The Labute approximate surface area is 161 Å².